The topological polar surface area (TPSA) is 76.4 Å². The molecule has 2 rings (SSSR count). The Hall–Kier alpha value is -2.48. The molecular weight excluding hydrogens is 256 g/mol. The molecule has 1 aromatic rings. The number of hydrogen-bond donors (Lipinski definition) is 0. The first kappa shape index (κ1) is 13.9. The maximum absolute atomic E-state index is 11.7. The third kappa shape index (κ3) is 2.21. The third-order valence-electron chi connectivity index (χ3n) is 3.44. The predicted molar refractivity (Wildman–Crippen MR) is 72.1 cm³/mol. The van der Waals surface area contributed by atoms with Crippen molar-refractivity contribution in [1.29, 1.82) is 5.26 Å². The number of esters is 1. The van der Waals surface area contributed by atoms with Crippen LogP contribution in [-0.2, 0) is 4.79 Å². The highest BCUT2D eigenvalue weighted by atomic mass is 16.5. The van der Waals surface area contributed by atoms with Crippen LogP contribution in [-0.4, -0.2) is 19.1 Å². The van der Waals surface area contributed by atoms with Crippen LogP contribution in [0.1, 0.15) is 25.3 Å². The van der Waals surface area contributed by atoms with E-state index in [1.54, 1.807) is 12.1 Å². The average Bonchev–Trinajstić information content (AvgIpc) is 2.46. The van der Waals surface area contributed by atoms with Crippen molar-refractivity contribution in [1.82, 2.24) is 0 Å². The Bertz CT molecular complexity index is 598. The lowest BCUT2D eigenvalue weighted by Crippen LogP contribution is -2.26. The fourth-order valence-corrected chi connectivity index (χ4v) is 2.33. The number of anilines is 1. The molecule has 1 aromatic carbocycles. The first-order valence-electron chi connectivity index (χ1n) is 6.48. The van der Waals surface area contributed by atoms with E-state index >= 15 is 0 Å². The lowest BCUT2D eigenvalue weighted by molar-refractivity contribution is -0.276. The van der Waals surface area contributed by atoms with Crippen molar-refractivity contribution in [3.8, 4) is 11.8 Å². The van der Waals surface area contributed by atoms with Crippen LogP contribution in [0.15, 0.2) is 30.0 Å². The van der Waals surface area contributed by atoms with Crippen molar-refractivity contribution in [3.63, 3.8) is 0 Å². The number of hydrogen-bond acceptors (Lipinski definition) is 5. The highest BCUT2D eigenvalue weighted by Gasteiger charge is 2.31. The first-order chi connectivity index (χ1) is 9.65. The smallest absolute Gasteiger partial charge is 0.339 e. The van der Waals surface area contributed by atoms with E-state index in [-0.39, 0.29) is 5.57 Å². The Labute approximate surface area is 117 Å². The fraction of sp³-hybridized carbons (Fsp3) is 0.333. The second-order valence-corrected chi connectivity index (χ2v) is 4.42. The molecule has 0 fully saturated rings. The molecule has 0 aliphatic carbocycles. The van der Waals surface area contributed by atoms with Crippen LogP contribution >= 0.6 is 0 Å². The van der Waals surface area contributed by atoms with Gasteiger partial charge in [0.25, 0.3) is 0 Å². The zero-order valence-corrected chi connectivity index (χ0v) is 11.4. The summed E-state index contributed by atoms with van der Waals surface area (Å²) >= 11 is 0. The standard InChI is InChI=1S/C15H16N2O3/c1-3-17(4-2)10-5-6-11-12(8-16)13(9-18)15(19)20-14(11)7-10/h5-7,9,12,18H,3-4H2,1-2H3/p-1/b13-9+. The second-order valence-electron chi connectivity index (χ2n) is 4.42. The number of benzene rings is 1. The SMILES string of the molecule is CCN(CC)c1ccc2c(c1)OC(=O)/C(=C/[O-])C2C#N. The number of nitrogens with zero attached hydrogens (tertiary/aromatic N) is 2. The summed E-state index contributed by atoms with van der Waals surface area (Å²) in [7, 11) is 0. The molecule has 5 heteroatoms. The Morgan fingerprint density at radius 2 is 2.15 bits per heavy atom. The number of rotatable bonds is 3. The molecule has 20 heavy (non-hydrogen) atoms. The van der Waals surface area contributed by atoms with Gasteiger partial charge in [0.15, 0.2) is 0 Å². The Morgan fingerprint density at radius 3 is 2.70 bits per heavy atom. The monoisotopic (exact) mass is 271 g/mol. The van der Waals surface area contributed by atoms with Crippen LogP contribution in [0.25, 0.3) is 0 Å². The molecule has 1 unspecified atom stereocenters. The van der Waals surface area contributed by atoms with Crippen molar-refractivity contribution in [2.75, 3.05) is 18.0 Å². The molecule has 0 bridgehead atoms. The van der Waals surface area contributed by atoms with E-state index in [1.165, 1.54) is 0 Å². The van der Waals surface area contributed by atoms with Gasteiger partial charge >= 0.3 is 5.97 Å². The molecule has 0 saturated carbocycles. The summed E-state index contributed by atoms with van der Waals surface area (Å²) in [5, 5.41) is 20.1. The van der Waals surface area contributed by atoms with Crippen molar-refractivity contribution in [2.45, 2.75) is 19.8 Å². The van der Waals surface area contributed by atoms with Gasteiger partial charge in [-0.3, -0.25) is 0 Å². The number of nitriles is 1. The summed E-state index contributed by atoms with van der Waals surface area (Å²) in [6.07, 6.45) is 0.400. The van der Waals surface area contributed by atoms with Gasteiger partial charge in [-0.15, -0.1) is 6.26 Å². The molecule has 0 amide bonds. The van der Waals surface area contributed by atoms with Crippen LogP contribution in [0, 0.1) is 11.3 Å². The first-order valence-corrected chi connectivity index (χ1v) is 6.48. The van der Waals surface area contributed by atoms with E-state index in [0.29, 0.717) is 17.6 Å². The Kier molecular flexibility index (Phi) is 3.94. The van der Waals surface area contributed by atoms with Crippen LogP contribution in [0.3, 0.4) is 0 Å². The molecule has 104 valence electrons. The molecule has 0 aromatic heterocycles. The Balaban J connectivity index is 2.49. The largest absolute Gasteiger partial charge is 0.877 e. The van der Waals surface area contributed by atoms with Crippen LogP contribution < -0.4 is 14.7 Å². The average molecular weight is 271 g/mol. The third-order valence-corrected chi connectivity index (χ3v) is 3.44. The molecule has 0 radical (unpaired) electrons. The van der Waals surface area contributed by atoms with Gasteiger partial charge in [0.05, 0.1) is 6.07 Å². The van der Waals surface area contributed by atoms with E-state index in [2.05, 4.69) is 4.90 Å². The zero-order chi connectivity index (χ0) is 14.7. The van der Waals surface area contributed by atoms with Crippen molar-refractivity contribution >= 4 is 11.7 Å². The van der Waals surface area contributed by atoms with Crippen LogP contribution in [0.4, 0.5) is 5.69 Å². The van der Waals surface area contributed by atoms with E-state index in [4.69, 9.17) is 4.74 Å². The minimum absolute atomic E-state index is 0.143. The van der Waals surface area contributed by atoms with Gasteiger partial charge in [-0.1, -0.05) is 6.07 Å². The number of carbonyl (C=O) groups excluding carboxylic acids is 1. The lowest BCUT2D eigenvalue weighted by atomic mass is 9.90. The summed E-state index contributed by atoms with van der Waals surface area (Å²) in [4.78, 5) is 13.8. The summed E-state index contributed by atoms with van der Waals surface area (Å²) in [5.74, 6) is -1.23. The molecule has 1 atom stereocenters. The normalized spacial score (nSPS) is 19.1. The quantitative estimate of drug-likeness (QED) is 0.358. The number of carbonyl (C=O) groups is 1. The van der Waals surface area contributed by atoms with Crippen molar-refractivity contribution in [2.24, 2.45) is 0 Å². The Morgan fingerprint density at radius 1 is 1.45 bits per heavy atom. The molecule has 1 aliphatic heterocycles. The van der Waals surface area contributed by atoms with Gasteiger partial charge in [0, 0.05) is 36.0 Å². The lowest BCUT2D eigenvalue weighted by Gasteiger charge is -2.26. The second kappa shape index (κ2) is 5.66. The van der Waals surface area contributed by atoms with Crippen molar-refractivity contribution < 1.29 is 14.6 Å². The maximum Gasteiger partial charge on any atom is 0.339 e. The summed E-state index contributed by atoms with van der Waals surface area (Å²) in [5.41, 5.74) is 1.34. The van der Waals surface area contributed by atoms with E-state index in [1.807, 2.05) is 26.0 Å². The summed E-state index contributed by atoms with van der Waals surface area (Å²) in [6.45, 7) is 5.73. The highest BCUT2D eigenvalue weighted by Crippen LogP contribution is 2.38. The van der Waals surface area contributed by atoms with Crippen LogP contribution in [0.5, 0.6) is 5.75 Å². The summed E-state index contributed by atoms with van der Waals surface area (Å²) in [6, 6.07) is 7.34. The van der Waals surface area contributed by atoms with Gasteiger partial charge < -0.3 is 14.7 Å². The van der Waals surface area contributed by atoms with Crippen LogP contribution in [0.2, 0.25) is 0 Å². The number of ether oxygens (including phenoxy) is 1. The van der Waals surface area contributed by atoms with E-state index < -0.39 is 11.9 Å². The molecule has 0 saturated heterocycles. The van der Waals surface area contributed by atoms with Gasteiger partial charge in [-0.05, 0) is 19.9 Å². The molecule has 0 N–H and O–H groups in total. The van der Waals surface area contributed by atoms with Gasteiger partial charge in [-0.25, -0.2) is 4.79 Å². The molecule has 5 nitrogen and oxygen atoms in total. The predicted octanol–water partition coefficient (Wildman–Crippen LogP) is 1.30. The van der Waals surface area contributed by atoms with E-state index in [0.717, 1.165) is 18.8 Å². The van der Waals surface area contributed by atoms with Gasteiger partial charge in [0.1, 0.15) is 11.7 Å². The van der Waals surface area contributed by atoms with Gasteiger partial charge in [0.2, 0.25) is 0 Å². The van der Waals surface area contributed by atoms with Crippen molar-refractivity contribution in [3.05, 3.63) is 35.6 Å². The maximum atomic E-state index is 11.7. The number of fused-ring (bicyclic) bond motifs is 1. The van der Waals surface area contributed by atoms with Gasteiger partial charge in [-0.2, -0.15) is 5.26 Å². The summed E-state index contributed by atoms with van der Waals surface area (Å²) < 4.78 is 5.16. The van der Waals surface area contributed by atoms with E-state index in [9.17, 15) is 15.2 Å². The molecular formula is C15H15N2O3-. The molecule has 0 spiro atoms. The fourth-order valence-electron chi connectivity index (χ4n) is 2.33. The highest BCUT2D eigenvalue weighted by molar-refractivity contribution is 5.95. The molecule has 1 aliphatic rings. The molecule has 1 heterocycles. The minimum atomic E-state index is -0.852. The minimum Gasteiger partial charge on any atom is -0.877 e. The zero-order valence-electron chi connectivity index (χ0n) is 11.4.